The second-order valence-corrected chi connectivity index (χ2v) is 10.2. The first-order valence-electron chi connectivity index (χ1n) is 12.9. The van der Waals surface area contributed by atoms with Crippen LogP contribution in [0.5, 0.6) is 0 Å². The predicted octanol–water partition coefficient (Wildman–Crippen LogP) is 4.85. The van der Waals surface area contributed by atoms with Crippen LogP contribution in [-0.2, 0) is 15.9 Å². The van der Waals surface area contributed by atoms with E-state index in [4.69, 9.17) is 10.5 Å². The number of para-hydroxylation sites is 1. The van der Waals surface area contributed by atoms with Crippen LogP contribution in [0.1, 0.15) is 40.7 Å². The lowest BCUT2D eigenvalue weighted by Crippen LogP contribution is -2.53. The van der Waals surface area contributed by atoms with E-state index in [2.05, 4.69) is 21.9 Å². The molecule has 0 saturated carbocycles. The number of ether oxygens (including phenoxy) is 1. The summed E-state index contributed by atoms with van der Waals surface area (Å²) in [4.78, 5) is 16.2. The molecule has 1 unspecified atom stereocenters. The summed E-state index contributed by atoms with van der Waals surface area (Å²) in [5.41, 5.74) is 8.77. The van der Waals surface area contributed by atoms with Gasteiger partial charge in [0.05, 0.1) is 13.2 Å². The maximum Gasteiger partial charge on any atom is 0.159 e. The van der Waals surface area contributed by atoms with Crippen LogP contribution >= 0.6 is 0 Å². The molecule has 3 aromatic rings. The van der Waals surface area contributed by atoms with Crippen molar-refractivity contribution in [2.75, 3.05) is 44.2 Å². The fourth-order valence-corrected chi connectivity index (χ4v) is 5.69. The number of nitrogens with zero attached hydrogens (tertiary/aromatic N) is 2. The van der Waals surface area contributed by atoms with Crippen LogP contribution in [0.3, 0.4) is 0 Å². The number of halogens is 2. The van der Waals surface area contributed by atoms with Crippen molar-refractivity contribution in [1.82, 2.24) is 4.90 Å². The zero-order valence-electron chi connectivity index (χ0n) is 20.9. The van der Waals surface area contributed by atoms with Crippen molar-refractivity contribution in [1.29, 1.82) is 0 Å². The fourth-order valence-electron chi connectivity index (χ4n) is 5.69. The summed E-state index contributed by atoms with van der Waals surface area (Å²) in [5, 5.41) is 0. The van der Waals surface area contributed by atoms with Gasteiger partial charge in [-0.3, -0.25) is 4.79 Å². The van der Waals surface area contributed by atoms with Crippen molar-refractivity contribution in [2.24, 2.45) is 5.73 Å². The van der Waals surface area contributed by atoms with Crippen LogP contribution in [0, 0.1) is 11.6 Å². The quantitative estimate of drug-likeness (QED) is 0.466. The van der Waals surface area contributed by atoms with Gasteiger partial charge in [-0.15, -0.1) is 0 Å². The summed E-state index contributed by atoms with van der Waals surface area (Å²) in [6, 6.07) is 21.7. The monoisotopic (exact) mass is 505 g/mol. The Kier molecular flexibility index (Phi) is 7.38. The molecule has 0 bridgehead atoms. The van der Waals surface area contributed by atoms with Crippen LogP contribution in [-0.4, -0.2) is 50.5 Å². The molecule has 2 saturated heterocycles. The maximum atomic E-state index is 14.4. The third-order valence-corrected chi connectivity index (χ3v) is 7.96. The Morgan fingerprint density at radius 3 is 2.35 bits per heavy atom. The number of carbonyl (C=O) groups is 1. The first-order valence-corrected chi connectivity index (χ1v) is 12.9. The van der Waals surface area contributed by atoms with E-state index in [9.17, 15) is 13.6 Å². The Morgan fingerprint density at radius 1 is 0.892 bits per heavy atom. The number of piperidine rings is 1. The Bertz CT molecular complexity index is 1230. The SMILES string of the molecule is NC1(c2ccccc2)CCN(CCC2(c3ccc(F)c(F)c3)CN(c3ccccc3C=O)CCO2)CC1. The highest BCUT2D eigenvalue weighted by molar-refractivity contribution is 5.84. The minimum atomic E-state index is -0.889. The smallest absolute Gasteiger partial charge is 0.159 e. The van der Waals surface area contributed by atoms with E-state index in [-0.39, 0.29) is 5.54 Å². The Morgan fingerprint density at radius 2 is 1.62 bits per heavy atom. The van der Waals surface area contributed by atoms with Crippen molar-refractivity contribution in [3.63, 3.8) is 0 Å². The van der Waals surface area contributed by atoms with Crippen molar-refractivity contribution in [2.45, 2.75) is 30.4 Å². The van der Waals surface area contributed by atoms with E-state index in [0.717, 1.165) is 56.1 Å². The molecular weight excluding hydrogens is 472 g/mol. The Labute approximate surface area is 216 Å². The van der Waals surface area contributed by atoms with Crippen LogP contribution in [0.25, 0.3) is 0 Å². The number of rotatable bonds is 7. The van der Waals surface area contributed by atoms with E-state index in [1.807, 2.05) is 36.4 Å². The van der Waals surface area contributed by atoms with Gasteiger partial charge < -0.3 is 20.3 Å². The molecular formula is C30H33F2N3O2. The number of benzene rings is 3. The molecule has 2 fully saturated rings. The van der Waals surface area contributed by atoms with E-state index in [1.165, 1.54) is 6.07 Å². The first kappa shape index (κ1) is 25.5. The molecule has 0 radical (unpaired) electrons. The third kappa shape index (κ3) is 5.30. The molecule has 37 heavy (non-hydrogen) atoms. The average Bonchev–Trinajstić information content (AvgIpc) is 2.95. The van der Waals surface area contributed by atoms with Gasteiger partial charge in [0.25, 0.3) is 0 Å². The highest BCUT2D eigenvalue weighted by atomic mass is 19.2. The van der Waals surface area contributed by atoms with Gasteiger partial charge in [0.1, 0.15) is 5.60 Å². The van der Waals surface area contributed by atoms with Gasteiger partial charge in [-0.1, -0.05) is 48.5 Å². The zero-order valence-corrected chi connectivity index (χ0v) is 20.9. The van der Waals surface area contributed by atoms with Crippen molar-refractivity contribution < 1.29 is 18.3 Å². The van der Waals surface area contributed by atoms with Crippen LogP contribution < -0.4 is 10.6 Å². The molecule has 3 aromatic carbocycles. The molecule has 5 rings (SSSR count). The topological polar surface area (TPSA) is 58.8 Å². The lowest BCUT2D eigenvalue weighted by molar-refractivity contribution is -0.0726. The second kappa shape index (κ2) is 10.7. The number of carbonyl (C=O) groups excluding carboxylic acids is 1. The molecule has 2 aliphatic heterocycles. The summed E-state index contributed by atoms with van der Waals surface area (Å²) in [6.45, 7) is 3.86. The summed E-state index contributed by atoms with van der Waals surface area (Å²) in [5.74, 6) is -1.77. The number of nitrogens with two attached hydrogens (primary N) is 1. The van der Waals surface area contributed by atoms with Crippen LogP contribution in [0.2, 0.25) is 0 Å². The average molecular weight is 506 g/mol. The largest absolute Gasteiger partial charge is 0.367 e. The number of anilines is 1. The third-order valence-electron chi connectivity index (χ3n) is 7.96. The maximum absolute atomic E-state index is 14.4. The summed E-state index contributed by atoms with van der Waals surface area (Å²) in [6.07, 6.45) is 3.13. The molecule has 0 aliphatic carbocycles. The molecule has 5 nitrogen and oxygen atoms in total. The highest BCUT2D eigenvalue weighted by Gasteiger charge is 2.41. The Balaban J connectivity index is 1.36. The molecule has 194 valence electrons. The molecule has 2 N–H and O–H groups in total. The van der Waals surface area contributed by atoms with Crippen LogP contribution in [0.15, 0.2) is 72.8 Å². The molecule has 2 heterocycles. The zero-order chi connectivity index (χ0) is 25.9. The number of likely N-dealkylation sites (tertiary alicyclic amines) is 1. The summed E-state index contributed by atoms with van der Waals surface area (Å²) in [7, 11) is 0. The highest BCUT2D eigenvalue weighted by Crippen LogP contribution is 2.38. The van der Waals surface area contributed by atoms with E-state index >= 15 is 0 Å². The number of hydrogen-bond donors (Lipinski definition) is 1. The van der Waals surface area contributed by atoms with Crippen molar-refractivity contribution in [3.8, 4) is 0 Å². The molecule has 1 atom stereocenters. The van der Waals surface area contributed by atoms with Crippen molar-refractivity contribution in [3.05, 3.63) is 101 Å². The first-order chi connectivity index (χ1) is 17.9. The minimum absolute atomic E-state index is 0.341. The van der Waals surface area contributed by atoms with Gasteiger partial charge in [0.15, 0.2) is 17.9 Å². The fraction of sp³-hybridized carbons (Fsp3) is 0.367. The molecule has 0 amide bonds. The van der Waals surface area contributed by atoms with E-state index in [1.54, 1.807) is 12.1 Å². The van der Waals surface area contributed by atoms with Crippen molar-refractivity contribution >= 4 is 12.0 Å². The molecule has 0 spiro atoms. The normalized spacial score (nSPS) is 22.1. The van der Waals surface area contributed by atoms with E-state index in [0.29, 0.717) is 37.2 Å². The molecule has 2 aliphatic rings. The summed E-state index contributed by atoms with van der Waals surface area (Å²) >= 11 is 0. The predicted molar refractivity (Wildman–Crippen MR) is 141 cm³/mol. The number of aldehydes is 1. The van der Waals surface area contributed by atoms with Gasteiger partial charge >= 0.3 is 0 Å². The molecule has 0 aromatic heterocycles. The standard InChI is InChI=1S/C30H33F2N3O2/c31-26-11-10-25(20-27(26)32)30(22-35(18-19-37-30)28-9-5-4-6-23(28)21-36)14-17-34-15-12-29(33,13-16-34)24-7-2-1-3-8-24/h1-11,20-21H,12-19,22,33H2. The van der Waals surface area contributed by atoms with Gasteiger partial charge in [-0.2, -0.15) is 0 Å². The summed E-state index contributed by atoms with van der Waals surface area (Å²) < 4.78 is 34.6. The number of hydrogen-bond acceptors (Lipinski definition) is 5. The Hall–Kier alpha value is -3.13. The van der Waals surface area contributed by atoms with Gasteiger partial charge in [-0.25, -0.2) is 8.78 Å². The minimum Gasteiger partial charge on any atom is -0.367 e. The van der Waals surface area contributed by atoms with E-state index < -0.39 is 17.2 Å². The van der Waals surface area contributed by atoms with Gasteiger partial charge in [0, 0.05) is 43.0 Å². The van der Waals surface area contributed by atoms with Gasteiger partial charge in [-0.05, 0) is 54.7 Å². The second-order valence-electron chi connectivity index (χ2n) is 10.2. The van der Waals surface area contributed by atoms with Gasteiger partial charge in [0.2, 0.25) is 0 Å². The number of morpholine rings is 1. The molecule has 7 heteroatoms. The lowest BCUT2D eigenvalue weighted by Gasteiger charge is -2.46. The lowest BCUT2D eigenvalue weighted by atomic mass is 9.81. The van der Waals surface area contributed by atoms with Crippen LogP contribution in [0.4, 0.5) is 14.5 Å².